The zero-order valence-electron chi connectivity index (χ0n) is 32.1. The van der Waals surface area contributed by atoms with E-state index in [1.54, 1.807) is 6.07 Å². The lowest BCUT2D eigenvalue weighted by molar-refractivity contribution is -0.119. The summed E-state index contributed by atoms with van der Waals surface area (Å²) in [7, 11) is -3.91. The van der Waals surface area contributed by atoms with Crippen molar-refractivity contribution < 1.29 is 27.4 Å². The number of piperazine rings is 1. The highest BCUT2D eigenvalue weighted by atomic mass is 35.5. The number of sulfonamides is 1. The van der Waals surface area contributed by atoms with Crippen molar-refractivity contribution in [2.75, 3.05) is 82.9 Å². The Morgan fingerprint density at radius 1 is 1.06 bits per heavy atom. The Labute approximate surface area is 326 Å². The summed E-state index contributed by atoms with van der Waals surface area (Å²) in [6.45, 7) is 15.2. The highest BCUT2D eigenvalue weighted by Gasteiger charge is 2.50. The number of ether oxygens (including phenoxy) is 3. The van der Waals surface area contributed by atoms with Gasteiger partial charge in [0.2, 0.25) is 10.0 Å². The molecule has 2 aliphatic carbocycles. The maximum absolute atomic E-state index is 13.6. The van der Waals surface area contributed by atoms with E-state index in [-0.39, 0.29) is 28.9 Å². The van der Waals surface area contributed by atoms with E-state index >= 15 is 0 Å². The first-order valence-corrected chi connectivity index (χ1v) is 22.2. The van der Waals surface area contributed by atoms with Gasteiger partial charge < -0.3 is 19.1 Å². The van der Waals surface area contributed by atoms with E-state index in [2.05, 4.69) is 57.6 Å². The van der Waals surface area contributed by atoms with Gasteiger partial charge in [0.05, 0.1) is 37.3 Å². The van der Waals surface area contributed by atoms with Crippen LogP contribution in [0.5, 0.6) is 5.75 Å². The molecule has 2 aromatic carbocycles. The fourth-order valence-corrected chi connectivity index (χ4v) is 11.7. The summed E-state index contributed by atoms with van der Waals surface area (Å²) < 4.78 is 48.6. The van der Waals surface area contributed by atoms with Gasteiger partial charge in [-0.25, -0.2) is 13.1 Å². The number of hydrogen-bond donors (Lipinski definition) is 1. The van der Waals surface area contributed by atoms with Gasteiger partial charge in [0.1, 0.15) is 11.4 Å². The molecule has 6 atom stereocenters. The minimum atomic E-state index is -3.91. The molecular weight excluding hydrogens is 724 g/mol. The quantitative estimate of drug-likeness (QED) is 0.393. The second-order valence-electron chi connectivity index (χ2n) is 17.0. The van der Waals surface area contributed by atoms with Crippen LogP contribution < -0.4 is 14.4 Å². The molecule has 0 unspecified atom stereocenters. The SMILES string of the molecule is CCO[C@]1(CN2CCN(C3COC3)CC2)/C=C\[C@H](C)[C@H](C)CS(=O)(=O)NC(=O)c2ccc3c(c2)N(C[C@@H]2CC[C@H]21)C[C@@]1(CCCc2cc(Cl)ccc21)CO3. The van der Waals surface area contributed by atoms with Crippen molar-refractivity contribution in [2.24, 2.45) is 23.7 Å². The number of amides is 1. The minimum absolute atomic E-state index is 0.0493. The number of allylic oxidation sites excluding steroid dienone is 1. The second-order valence-corrected chi connectivity index (χ2v) is 19.2. The van der Waals surface area contributed by atoms with Crippen molar-refractivity contribution in [3.63, 3.8) is 0 Å². The molecule has 2 aromatic rings. The van der Waals surface area contributed by atoms with Crippen LogP contribution in [0, 0.1) is 23.7 Å². The van der Waals surface area contributed by atoms with E-state index in [1.165, 1.54) is 11.1 Å². The Hall–Kier alpha value is -2.67. The molecule has 294 valence electrons. The number of carbonyl (C=O) groups is 1. The third-order valence-electron chi connectivity index (χ3n) is 13.5. The standard InChI is InChI=1S/C42H57ClN4O6S/c1-4-53-42(27-45-16-18-46(19-17-45)35-23-51-24-35)15-13-29(2)30(3)25-54(49,50)44-40(48)32-8-12-39-38(21-32)47(22-33-7-10-37(33)42)26-41(28-52-39)14-5-6-31-20-34(43)9-11-36(31)41/h8-9,11-13,15,20-21,29-30,33,35,37H,4-7,10,14,16-19,22-28H2,1-3H3,(H,44,48)/b15-13-/t29-,30+,33-,37+,41-,42-/m0/s1. The molecule has 3 fully saturated rings. The van der Waals surface area contributed by atoms with Crippen molar-refractivity contribution in [1.29, 1.82) is 0 Å². The van der Waals surface area contributed by atoms with Crippen molar-refractivity contribution >= 4 is 33.2 Å². The Bertz CT molecular complexity index is 1850. The second kappa shape index (κ2) is 15.3. The lowest BCUT2D eigenvalue weighted by Gasteiger charge is -2.53. The third-order valence-corrected chi connectivity index (χ3v) is 15.2. The lowest BCUT2D eigenvalue weighted by Crippen LogP contribution is -2.61. The molecule has 4 aliphatic heterocycles. The van der Waals surface area contributed by atoms with Crippen LogP contribution in [0.2, 0.25) is 5.02 Å². The molecule has 54 heavy (non-hydrogen) atoms. The van der Waals surface area contributed by atoms with Crippen LogP contribution in [0.15, 0.2) is 48.6 Å². The number of hydrogen-bond acceptors (Lipinski definition) is 9. The number of halogens is 1. The predicted octanol–water partition coefficient (Wildman–Crippen LogP) is 5.53. The Kier molecular flexibility index (Phi) is 10.9. The Balaban J connectivity index is 1.18. The first kappa shape index (κ1) is 38.2. The molecule has 12 heteroatoms. The lowest BCUT2D eigenvalue weighted by atomic mass is 9.63. The molecule has 0 radical (unpaired) electrons. The van der Waals surface area contributed by atoms with E-state index in [4.69, 9.17) is 25.8 Å². The van der Waals surface area contributed by atoms with Crippen LogP contribution in [0.25, 0.3) is 0 Å². The molecule has 8 rings (SSSR count). The smallest absolute Gasteiger partial charge is 0.264 e. The minimum Gasteiger partial charge on any atom is -0.490 e. The summed E-state index contributed by atoms with van der Waals surface area (Å²) in [4.78, 5) is 21.2. The van der Waals surface area contributed by atoms with Crippen molar-refractivity contribution in [1.82, 2.24) is 14.5 Å². The summed E-state index contributed by atoms with van der Waals surface area (Å²) in [5, 5.41) is 0.749. The predicted molar refractivity (Wildman–Crippen MR) is 212 cm³/mol. The third kappa shape index (κ3) is 7.58. The number of nitrogens with zero attached hydrogens (tertiary/aromatic N) is 3. The van der Waals surface area contributed by atoms with Crippen LogP contribution in [0.4, 0.5) is 5.69 Å². The Morgan fingerprint density at radius 3 is 2.59 bits per heavy atom. The summed E-state index contributed by atoms with van der Waals surface area (Å²) >= 11 is 6.52. The van der Waals surface area contributed by atoms with Gasteiger partial charge in [0.15, 0.2) is 0 Å². The zero-order chi connectivity index (χ0) is 37.7. The molecule has 4 heterocycles. The first-order chi connectivity index (χ1) is 26.0. The number of carbonyl (C=O) groups excluding carboxylic acids is 1. The number of aryl methyl sites for hydroxylation is 1. The molecule has 1 saturated carbocycles. The van der Waals surface area contributed by atoms with Gasteiger partial charge in [-0.2, -0.15) is 0 Å². The van der Waals surface area contributed by atoms with E-state index in [1.807, 2.05) is 25.1 Å². The van der Waals surface area contributed by atoms with Crippen LogP contribution in [-0.4, -0.2) is 114 Å². The van der Waals surface area contributed by atoms with Crippen LogP contribution in [0.1, 0.15) is 67.9 Å². The summed E-state index contributed by atoms with van der Waals surface area (Å²) in [6.07, 6.45) is 9.63. The van der Waals surface area contributed by atoms with Crippen molar-refractivity contribution in [2.45, 2.75) is 69.9 Å². The van der Waals surface area contributed by atoms with Gasteiger partial charge in [0, 0.05) is 68.4 Å². The molecule has 6 aliphatic rings. The van der Waals surface area contributed by atoms with E-state index < -0.39 is 21.5 Å². The molecule has 10 nitrogen and oxygen atoms in total. The normalized spacial score (nSPS) is 34.0. The van der Waals surface area contributed by atoms with E-state index in [9.17, 15) is 13.2 Å². The van der Waals surface area contributed by atoms with Crippen LogP contribution in [0.3, 0.4) is 0 Å². The molecular formula is C42H57ClN4O6S. The number of benzene rings is 2. The van der Waals surface area contributed by atoms with E-state index in [0.717, 1.165) is 108 Å². The molecule has 1 N–H and O–H groups in total. The van der Waals surface area contributed by atoms with Gasteiger partial charge in [0.25, 0.3) is 5.91 Å². The number of nitrogens with one attached hydrogen (secondary N) is 1. The number of rotatable bonds is 5. The summed E-state index contributed by atoms with van der Waals surface area (Å²) in [6, 6.07) is 12.2. The largest absolute Gasteiger partial charge is 0.490 e. The molecule has 1 amide bonds. The monoisotopic (exact) mass is 780 g/mol. The topological polar surface area (TPSA) is 101 Å². The highest BCUT2D eigenvalue weighted by molar-refractivity contribution is 7.90. The molecule has 0 aromatic heterocycles. The number of fused-ring (bicyclic) bond motifs is 4. The van der Waals surface area contributed by atoms with E-state index in [0.29, 0.717) is 30.7 Å². The zero-order valence-corrected chi connectivity index (χ0v) is 33.7. The summed E-state index contributed by atoms with van der Waals surface area (Å²) in [5.74, 6) is 0.284. The molecule has 2 saturated heterocycles. The Morgan fingerprint density at radius 2 is 1.87 bits per heavy atom. The van der Waals surface area contributed by atoms with Crippen molar-refractivity contribution in [3.8, 4) is 5.75 Å². The molecule has 2 bridgehead atoms. The average Bonchev–Trinajstić information content (AvgIpc) is 3.25. The number of anilines is 1. The summed E-state index contributed by atoms with van der Waals surface area (Å²) in [5.41, 5.74) is 2.92. The first-order valence-electron chi connectivity index (χ1n) is 20.2. The van der Waals surface area contributed by atoms with Gasteiger partial charge in [-0.1, -0.05) is 43.7 Å². The van der Waals surface area contributed by atoms with Gasteiger partial charge in [-0.05, 0) is 104 Å². The van der Waals surface area contributed by atoms with Crippen LogP contribution >= 0.6 is 11.6 Å². The fraction of sp³-hybridized carbons (Fsp3) is 0.643. The average molecular weight is 781 g/mol. The van der Waals surface area contributed by atoms with Gasteiger partial charge in [-0.15, -0.1) is 0 Å². The van der Waals surface area contributed by atoms with Crippen molar-refractivity contribution in [3.05, 3.63) is 70.3 Å². The maximum Gasteiger partial charge on any atom is 0.264 e. The highest BCUT2D eigenvalue weighted by Crippen LogP contribution is 2.49. The fourth-order valence-electron chi connectivity index (χ4n) is 10.0. The van der Waals surface area contributed by atoms with Gasteiger partial charge in [-0.3, -0.25) is 14.6 Å². The molecule has 1 spiro atoms. The van der Waals surface area contributed by atoms with Gasteiger partial charge >= 0.3 is 0 Å². The van der Waals surface area contributed by atoms with Crippen LogP contribution in [-0.2, 0) is 31.3 Å². The maximum atomic E-state index is 13.6.